The molecule has 0 radical (unpaired) electrons. The number of para-hydroxylation sites is 2. The monoisotopic (exact) mass is 377 g/mol. The largest absolute Gasteiger partial charge is 0.491 e. The molecule has 1 amide bonds. The minimum atomic E-state index is 0.181. The Morgan fingerprint density at radius 2 is 2.04 bits per heavy atom. The van der Waals surface area contributed by atoms with E-state index in [-0.39, 0.29) is 11.8 Å². The van der Waals surface area contributed by atoms with E-state index in [4.69, 9.17) is 9.72 Å². The first kappa shape index (κ1) is 18.5. The standard InChI is InChI=1S/C23H27N3O2/c1-16-7-8-17(2)21(15-16)28-14-13-26-20-6-4-3-5-19(20)25-22(26)11-12-24-23(27)18-9-10-18/h3-8,15,18H,9-14H2,1-2H3,(H,24,27). The third-order valence-electron chi connectivity index (χ3n) is 5.25. The average molecular weight is 377 g/mol. The second-order valence-corrected chi connectivity index (χ2v) is 7.60. The summed E-state index contributed by atoms with van der Waals surface area (Å²) in [5.41, 5.74) is 4.43. The summed E-state index contributed by atoms with van der Waals surface area (Å²) in [5.74, 6) is 2.34. The molecule has 5 nitrogen and oxygen atoms in total. The van der Waals surface area contributed by atoms with Crippen LogP contribution in [0.15, 0.2) is 42.5 Å². The van der Waals surface area contributed by atoms with Crippen LogP contribution in [-0.4, -0.2) is 28.6 Å². The number of aryl methyl sites for hydroxylation is 2. The molecule has 2 aromatic carbocycles. The van der Waals surface area contributed by atoms with Gasteiger partial charge in [0.25, 0.3) is 0 Å². The Morgan fingerprint density at radius 3 is 2.86 bits per heavy atom. The van der Waals surface area contributed by atoms with Gasteiger partial charge in [0.05, 0.1) is 17.6 Å². The van der Waals surface area contributed by atoms with Gasteiger partial charge in [-0.05, 0) is 56.0 Å². The Hall–Kier alpha value is -2.82. The van der Waals surface area contributed by atoms with Crippen LogP contribution in [0, 0.1) is 19.8 Å². The number of fused-ring (bicyclic) bond motifs is 1. The first-order valence-electron chi connectivity index (χ1n) is 10.0. The Labute approximate surface area is 165 Å². The highest BCUT2D eigenvalue weighted by molar-refractivity contribution is 5.80. The van der Waals surface area contributed by atoms with E-state index in [9.17, 15) is 4.79 Å². The topological polar surface area (TPSA) is 56.1 Å². The number of nitrogens with zero attached hydrogens (tertiary/aromatic N) is 2. The van der Waals surface area contributed by atoms with Crippen LogP contribution >= 0.6 is 0 Å². The van der Waals surface area contributed by atoms with E-state index in [1.165, 1.54) is 5.56 Å². The molecule has 1 fully saturated rings. The molecule has 0 atom stereocenters. The molecular formula is C23H27N3O2. The molecule has 1 aromatic heterocycles. The number of amides is 1. The molecular weight excluding hydrogens is 350 g/mol. The summed E-state index contributed by atoms with van der Waals surface area (Å²) in [6.45, 7) is 6.06. The van der Waals surface area contributed by atoms with E-state index < -0.39 is 0 Å². The number of rotatable bonds is 8. The number of imidazole rings is 1. The molecule has 5 heteroatoms. The van der Waals surface area contributed by atoms with Crippen LogP contribution in [0.5, 0.6) is 5.75 Å². The average Bonchev–Trinajstić information content (AvgIpc) is 3.48. The number of carbonyl (C=O) groups excluding carboxylic acids is 1. The summed E-state index contributed by atoms with van der Waals surface area (Å²) in [6, 6.07) is 14.4. The molecule has 0 aliphatic heterocycles. The number of nitrogens with one attached hydrogen (secondary N) is 1. The quantitative estimate of drug-likeness (QED) is 0.650. The van der Waals surface area contributed by atoms with Gasteiger partial charge < -0.3 is 14.6 Å². The van der Waals surface area contributed by atoms with Gasteiger partial charge in [0.1, 0.15) is 18.2 Å². The maximum atomic E-state index is 11.9. The minimum absolute atomic E-state index is 0.181. The number of ether oxygens (including phenoxy) is 1. The second-order valence-electron chi connectivity index (χ2n) is 7.60. The number of aromatic nitrogens is 2. The fourth-order valence-electron chi connectivity index (χ4n) is 3.46. The number of benzene rings is 2. The van der Waals surface area contributed by atoms with Gasteiger partial charge >= 0.3 is 0 Å². The molecule has 0 bridgehead atoms. The van der Waals surface area contributed by atoms with Gasteiger partial charge in [-0.1, -0.05) is 24.3 Å². The maximum Gasteiger partial charge on any atom is 0.223 e. The van der Waals surface area contributed by atoms with Crippen LogP contribution in [0.25, 0.3) is 11.0 Å². The fraction of sp³-hybridized carbons (Fsp3) is 0.391. The lowest BCUT2D eigenvalue weighted by Crippen LogP contribution is -2.27. The van der Waals surface area contributed by atoms with E-state index >= 15 is 0 Å². The normalized spacial score (nSPS) is 13.6. The van der Waals surface area contributed by atoms with Crippen LogP contribution in [0.2, 0.25) is 0 Å². The van der Waals surface area contributed by atoms with Crippen molar-refractivity contribution in [2.45, 2.75) is 39.7 Å². The summed E-state index contributed by atoms with van der Waals surface area (Å²) < 4.78 is 8.27. The van der Waals surface area contributed by atoms with Gasteiger partial charge in [0.15, 0.2) is 0 Å². The van der Waals surface area contributed by atoms with Crippen molar-refractivity contribution in [3.8, 4) is 5.75 Å². The first-order chi connectivity index (χ1) is 13.6. The molecule has 4 rings (SSSR count). The second kappa shape index (κ2) is 8.05. The minimum Gasteiger partial charge on any atom is -0.491 e. The fourth-order valence-corrected chi connectivity index (χ4v) is 3.46. The highest BCUT2D eigenvalue weighted by Gasteiger charge is 2.29. The smallest absolute Gasteiger partial charge is 0.223 e. The van der Waals surface area contributed by atoms with Gasteiger partial charge in [0, 0.05) is 18.9 Å². The molecule has 1 N–H and O–H groups in total. The van der Waals surface area contributed by atoms with E-state index in [1.54, 1.807) is 0 Å². The molecule has 1 aliphatic carbocycles. The van der Waals surface area contributed by atoms with Gasteiger partial charge in [-0.3, -0.25) is 4.79 Å². The Balaban J connectivity index is 1.45. The lowest BCUT2D eigenvalue weighted by molar-refractivity contribution is -0.122. The highest BCUT2D eigenvalue weighted by Crippen LogP contribution is 2.28. The zero-order valence-corrected chi connectivity index (χ0v) is 16.6. The van der Waals surface area contributed by atoms with Crippen molar-refractivity contribution < 1.29 is 9.53 Å². The predicted molar refractivity (Wildman–Crippen MR) is 111 cm³/mol. The SMILES string of the molecule is Cc1ccc(C)c(OCCn2c(CCNC(=O)C3CC3)nc3ccccc32)c1. The summed E-state index contributed by atoms with van der Waals surface area (Å²) in [5, 5.41) is 3.04. The molecule has 3 aromatic rings. The van der Waals surface area contributed by atoms with E-state index in [0.29, 0.717) is 13.2 Å². The molecule has 1 saturated carbocycles. The van der Waals surface area contributed by atoms with E-state index in [0.717, 1.165) is 54.0 Å². The van der Waals surface area contributed by atoms with E-state index in [2.05, 4.69) is 48.0 Å². The van der Waals surface area contributed by atoms with Crippen LogP contribution < -0.4 is 10.1 Å². The van der Waals surface area contributed by atoms with Crippen molar-refractivity contribution in [3.63, 3.8) is 0 Å². The van der Waals surface area contributed by atoms with Gasteiger partial charge in [-0.15, -0.1) is 0 Å². The summed E-state index contributed by atoms with van der Waals surface area (Å²) in [7, 11) is 0. The predicted octanol–water partition coefficient (Wildman–Crippen LogP) is 3.80. The number of hydrogen-bond donors (Lipinski definition) is 1. The molecule has 0 saturated heterocycles. The summed E-state index contributed by atoms with van der Waals surface area (Å²) in [4.78, 5) is 16.7. The van der Waals surface area contributed by atoms with Crippen molar-refractivity contribution >= 4 is 16.9 Å². The number of carbonyl (C=O) groups is 1. The van der Waals surface area contributed by atoms with Crippen LogP contribution in [0.3, 0.4) is 0 Å². The van der Waals surface area contributed by atoms with Crippen LogP contribution in [0.4, 0.5) is 0 Å². The lowest BCUT2D eigenvalue weighted by atomic mass is 10.1. The molecule has 1 heterocycles. The third kappa shape index (κ3) is 4.19. The van der Waals surface area contributed by atoms with E-state index in [1.807, 2.05) is 18.2 Å². The Morgan fingerprint density at radius 1 is 1.21 bits per heavy atom. The van der Waals surface area contributed by atoms with Gasteiger partial charge in [-0.25, -0.2) is 4.98 Å². The van der Waals surface area contributed by atoms with Gasteiger partial charge in [-0.2, -0.15) is 0 Å². The molecule has 0 spiro atoms. The zero-order chi connectivity index (χ0) is 19.5. The maximum absolute atomic E-state index is 11.9. The van der Waals surface area contributed by atoms with Crippen molar-refractivity contribution in [1.82, 2.24) is 14.9 Å². The Kier molecular flexibility index (Phi) is 5.33. The Bertz CT molecular complexity index is 989. The molecule has 28 heavy (non-hydrogen) atoms. The lowest BCUT2D eigenvalue weighted by Gasteiger charge is -2.13. The summed E-state index contributed by atoms with van der Waals surface area (Å²) >= 11 is 0. The third-order valence-corrected chi connectivity index (χ3v) is 5.25. The van der Waals surface area contributed by atoms with Crippen molar-refractivity contribution in [2.24, 2.45) is 5.92 Å². The molecule has 146 valence electrons. The van der Waals surface area contributed by atoms with Crippen LogP contribution in [0.1, 0.15) is 29.8 Å². The zero-order valence-electron chi connectivity index (χ0n) is 16.6. The van der Waals surface area contributed by atoms with Crippen molar-refractivity contribution in [1.29, 1.82) is 0 Å². The number of hydrogen-bond acceptors (Lipinski definition) is 3. The van der Waals surface area contributed by atoms with Gasteiger partial charge in [0.2, 0.25) is 5.91 Å². The molecule has 1 aliphatic rings. The summed E-state index contributed by atoms with van der Waals surface area (Å²) in [6.07, 6.45) is 2.77. The highest BCUT2D eigenvalue weighted by atomic mass is 16.5. The van der Waals surface area contributed by atoms with Crippen molar-refractivity contribution in [2.75, 3.05) is 13.2 Å². The van der Waals surface area contributed by atoms with Crippen LogP contribution in [-0.2, 0) is 17.8 Å². The molecule has 0 unspecified atom stereocenters. The first-order valence-corrected chi connectivity index (χ1v) is 10.0. The van der Waals surface area contributed by atoms with Crippen molar-refractivity contribution in [3.05, 3.63) is 59.4 Å².